The van der Waals surface area contributed by atoms with Crippen LogP contribution in [0.4, 0.5) is 13.2 Å². The predicted molar refractivity (Wildman–Crippen MR) is 84.3 cm³/mol. The van der Waals surface area contributed by atoms with E-state index in [1.807, 2.05) is 0 Å². The van der Waals surface area contributed by atoms with E-state index >= 15 is 0 Å². The van der Waals surface area contributed by atoms with Crippen LogP contribution in [0.3, 0.4) is 0 Å². The molecular formula is C17H12F3N3O3. The number of aromatic amines is 1. The van der Waals surface area contributed by atoms with E-state index in [1.165, 1.54) is 24.5 Å². The minimum Gasteiger partial charge on any atom is -0.507 e. The molecule has 0 saturated carbocycles. The molecule has 3 rings (SSSR count). The van der Waals surface area contributed by atoms with Crippen molar-refractivity contribution in [1.29, 1.82) is 0 Å². The molecule has 0 aliphatic rings. The number of aliphatic hydroxyl groups excluding tert-OH is 1. The van der Waals surface area contributed by atoms with Crippen molar-refractivity contribution in [3.05, 3.63) is 77.3 Å². The zero-order valence-electron chi connectivity index (χ0n) is 13.1. The summed E-state index contributed by atoms with van der Waals surface area (Å²) >= 11 is 0. The van der Waals surface area contributed by atoms with Crippen molar-refractivity contribution in [2.75, 3.05) is 0 Å². The summed E-state index contributed by atoms with van der Waals surface area (Å²) in [5.74, 6) is -0.823. The maximum Gasteiger partial charge on any atom is 0.416 e. The van der Waals surface area contributed by atoms with Crippen molar-refractivity contribution in [1.82, 2.24) is 15.2 Å². The van der Waals surface area contributed by atoms with Gasteiger partial charge < -0.3 is 9.52 Å². The molecule has 0 unspecified atom stereocenters. The number of H-pyrrole nitrogens is 1. The molecule has 0 spiro atoms. The second-order valence-electron chi connectivity index (χ2n) is 5.36. The third kappa shape index (κ3) is 3.82. The summed E-state index contributed by atoms with van der Waals surface area (Å²) in [7, 11) is 0. The van der Waals surface area contributed by atoms with Crippen LogP contribution in [0.2, 0.25) is 0 Å². The molecule has 2 heterocycles. The lowest BCUT2D eigenvalue weighted by Gasteiger charge is -2.08. The Labute approximate surface area is 145 Å². The van der Waals surface area contributed by atoms with Crippen molar-refractivity contribution < 1.29 is 27.5 Å². The maximum absolute atomic E-state index is 12.8. The van der Waals surface area contributed by atoms with Gasteiger partial charge in [-0.3, -0.25) is 9.89 Å². The number of aromatic nitrogens is 3. The van der Waals surface area contributed by atoms with Crippen molar-refractivity contribution >= 4 is 11.5 Å². The molecule has 2 N–H and O–H groups in total. The minimum absolute atomic E-state index is 0.0145. The van der Waals surface area contributed by atoms with Gasteiger partial charge in [-0.05, 0) is 17.7 Å². The van der Waals surface area contributed by atoms with Gasteiger partial charge in [0.2, 0.25) is 5.78 Å². The van der Waals surface area contributed by atoms with Crippen LogP contribution in [0, 0.1) is 0 Å². The van der Waals surface area contributed by atoms with Gasteiger partial charge in [-0.1, -0.05) is 18.2 Å². The van der Waals surface area contributed by atoms with Crippen LogP contribution in [0.5, 0.6) is 0 Å². The van der Waals surface area contributed by atoms with E-state index in [9.17, 15) is 23.1 Å². The number of nitrogens with one attached hydrogen (secondary N) is 1. The number of furan rings is 1. The third-order valence-electron chi connectivity index (χ3n) is 3.56. The third-order valence-corrected chi connectivity index (χ3v) is 3.56. The average Bonchev–Trinajstić information content (AvgIpc) is 3.26. The Morgan fingerprint density at radius 1 is 1.31 bits per heavy atom. The molecule has 0 saturated heterocycles. The fourth-order valence-electron chi connectivity index (χ4n) is 2.34. The maximum atomic E-state index is 12.8. The standard InChI is InChI=1S/C17H12F3N3O3/c18-17(19,20)11-3-1-2-10(6-11)7-15-12(4-5-26-15)13(24)8-14(25)16-21-9-22-23-16/h1-6,8-9,24H,7H2,(H,21,22,23). The summed E-state index contributed by atoms with van der Waals surface area (Å²) in [6.07, 6.45) is -1.08. The monoisotopic (exact) mass is 363 g/mol. The molecular weight excluding hydrogens is 351 g/mol. The summed E-state index contributed by atoms with van der Waals surface area (Å²) < 4.78 is 43.7. The van der Waals surface area contributed by atoms with Crippen LogP contribution in [-0.2, 0) is 12.6 Å². The fourth-order valence-corrected chi connectivity index (χ4v) is 2.34. The molecule has 9 heteroatoms. The van der Waals surface area contributed by atoms with E-state index in [1.54, 1.807) is 0 Å². The van der Waals surface area contributed by atoms with E-state index in [2.05, 4.69) is 15.2 Å². The van der Waals surface area contributed by atoms with Gasteiger partial charge in [0.1, 0.15) is 17.8 Å². The number of allylic oxidation sites excluding steroid dienone is 1. The Hall–Kier alpha value is -3.36. The summed E-state index contributed by atoms with van der Waals surface area (Å²) in [4.78, 5) is 15.6. The Balaban J connectivity index is 1.84. The molecule has 0 fully saturated rings. The average molecular weight is 363 g/mol. The largest absolute Gasteiger partial charge is 0.507 e. The molecule has 26 heavy (non-hydrogen) atoms. The van der Waals surface area contributed by atoms with Crippen molar-refractivity contribution in [2.24, 2.45) is 0 Å². The van der Waals surface area contributed by atoms with E-state index in [4.69, 9.17) is 4.42 Å². The number of carbonyl (C=O) groups excluding carboxylic acids is 1. The molecule has 0 atom stereocenters. The topological polar surface area (TPSA) is 92.0 Å². The number of nitrogens with zero attached hydrogens (tertiary/aromatic N) is 2. The van der Waals surface area contributed by atoms with E-state index < -0.39 is 17.5 Å². The molecule has 0 bridgehead atoms. The highest BCUT2D eigenvalue weighted by atomic mass is 19.4. The fraction of sp³-hybridized carbons (Fsp3) is 0.118. The van der Waals surface area contributed by atoms with Gasteiger partial charge >= 0.3 is 6.18 Å². The lowest BCUT2D eigenvalue weighted by Crippen LogP contribution is -2.05. The van der Waals surface area contributed by atoms with Crippen molar-refractivity contribution in [3.8, 4) is 0 Å². The molecule has 6 nitrogen and oxygen atoms in total. The van der Waals surface area contributed by atoms with Gasteiger partial charge in [0, 0.05) is 12.5 Å². The Bertz CT molecular complexity index is 944. The van der Waals surface area contributed by atoms with Gasteiger partial charge in [-0.2, -0.15) is 18.3 Å². The molecule has 0 aliphatic carbocycles. The molecule has 0 amide bonds. The summed E-state index contributed by atoms with van der Waals surface area (Å²) in [6, 6.07) is 6.21. The first-order valence-corrected chi connectivity index (χ1v) is 7.38. The van der Waals surface area contributed by atoms with E-state index in [0.717, 1.165) is 24.5 Å². The second kappa shape index (κ2) is 6.87. The molecule has 3 aromatic rings. The highest BCUT2D eigenvalue weighted by Crippen LogP contribution is 2.30. The highest BCUT2D eigenvalue weighted by molar-refractivity contribution is 6.05. The second-order valence-corrected chi connectivity index (χ2v) is 5.36. The number of rotatable bonds is 5. The van der Waals surface area contributed by atoms with Crippen LogP contribution in [-0.4, -0.2) is 26.1 Å². The van der Waals surface area contributed by atoms with E-state index in [0.29, 0.717) is 5.56 Å². The van der Waals surface area contributed by atoms with Crippen LogP contribution >= 0.6 is 0 Å². The van der Waals surface area contributed by atoms with Crippen molar-refractivity contribution in [2.45, 2.75) is 12.6 Å². The first-order valence-electron chi connectivity index (χ1n) is 7.38. The zero-order valence-corrected chi connectivity index (χ0v) is 13.1. The first-order chi connectivity index (χ1) is 12.3. The molecule has 134 valence electrons. The van der Waals surface area contributed by atoms with Gasteiger partial charge in [-0.15, -0.1) is 0 Å². The normalized spacial score (nSPS) is 12.3. The zero-order chi connectivity index (χ0) is 18.7. The lowest BCUT2D eigenvalue weighted by atomic mass is 10.0. The van der Waals surface area contributed by atoms with Gasteiger partial charge in [0.15, 0.2) is 5.82 Å². The smallest absolute Gasteiger partial charge is 0.416 e. The van der Waals surface area contributed by atoms with Crippen molar-refractivity contribution in [3.63, 3.8) is 0 Å². The van der Waals surface area contributed by atoms with Crippen LogP contribution in [0.1, 0.15) is 33.1 Å². The number of ketones is 1. The Morgan fingerprint density at radius 3 is 2.81 bits per heavy atom. The van der Waals surface area contributed by atoms with Gasteiger partial charge in [-0.25, -0.2) is 4.98 Å². The lowest BCUT2D eigenvalue weighted by molar-refractivity contribution is -0.137. The van der Waals surface area contributed by atoms with Gasteiger partial charge in [0.05, 0.1) is 17.4 Å². The van der Waals surface area contributed by atoms with Crippen LogP contribution in [0.25, 0.3) is 5.76 Å². The number of halogens is 3. The predicted octanol–water partition coefficient (Wildman–Crippen LogP) is 3.79. The summed E-state index contributed by atoms with van der Waals surface area (Å²) in [6.45, 7) is 0. The van der Waals surface area contributed by atoms with Gasteiger partial charge in [0.25, 0.3) is 0 Å². The molecule has 0 radical (unpaired) electrons. The molecule has 2 aromatic heterocycles. The van der Waals surface area contributed by atoms with Crippen LogP contribution in [0.15, 0.2) is 53.4 Å². The number of aliphatic hydroxyl groups is 1. The highest BCUT2D eigenvalue weighted by Gasteiger charge is 2.30. The number of benzene rings is 1. The summed E-state index contributed by atoms with van der Waals surface area (Å²) in [5.41, 5.74) is -0.218. The van der Waals surface area contributed by atoms with Crippen LogP contribution < -0.4 is 0 Å². The Kier molecular flexibility index (Phi) is 4.61. The number of hydrogen-bond acceptors (Lipinski definition) is 5. The minimum atomic E-state index is -4.45. The molecule has 0 aliphatic heterocycles. The molecule has 1 aromatic carbocycles. The number of hydrogen-bond donors (Lipinski definition) is 2. The number of alkyl halides is 3. The Morgan fingerprint density at radius 2 is 2.12 bits per heavy atom. The van der Waals surface area contributed by atoms with E-state index in [-0.39, 0.29) is 29.3 Å². The SMILES string of the molecule is O=C(C=C(O)c1ccoc1Cc1cccc(C(F)(F)F)c1)c1ncn[nH]1. The first kappa shape index (κ1) is 17.5. The number of carbonyl (C=O) groups is 1. The quantitative estimate of drug-likeness (QED) is 0.409. The summed E-state index contributed by atoms with van der Waals surface area (Å²) in [5, 5.41) is 16.1.